The van der Waals surface area contributed by atoms with Crippen LogP contribution < -0.4 is 9.62 Å². The molecule has 0 aliphatic heterocycles. The van der Waals surface area contributed by atoms with Crippen molar-refractivity contribution < 1.29 is 18.0 Å². The van der Waals surface area contributed by atoms with E-state index in [1.54, 1.807) is 30.3 Å². The van der Waals surface area contributed by atoms with E-state index in [2.05, 4.69) is 21.2 Å². The molecule has 4 aromatic carbocycles. The second kappa shape index (κ2) is 15.7. The molecule has 1 atom stereocenters. The zero-order chi connectivity index (χ0) is 31.5. The molecule has 0 saturated carbocycles. The van der Waals surface area contributed by atoms with Crippen LogP contribution in [0, 0.1) is 6.92 Å². The van der Waals surface area contributed by atoms with Crippen LogP contribution in [0.5, 0.6) is 0 Å². The molecule has 4 aromatic rings. The van der Waals surface area contributed by atoms with E-state index in [1.165, 1.54) is 17.0 Å². The van der Waals surface area contributed by atoms with E-state index in [9.17, 15) is 18.0 Å². The normalized spacial score (nSPS) is 11.9. The summed E-state index contributed by atoms with van der Waals surface area (Å²) < 4.78 is 30.0. The van der Waals surface area contributed by atoms with Gasteiger partial charge in [-0.3, -0.25) is 13.9 Å². The maximum Gasteiger partial charge on any atom is 0.264 e. The van der Waals surface area contributed by atoms with Gasteiger partial charge >= 0.3 is 0 Å². The number of halogens is 1. The highest BCUT2D eigenvalue weighted by Crippen LogP contribution is 2.25. The van der Waals surface area contributed by atoms with Crippen molar-refractivity contribution >= 4 is 43.5 Å². The van der Waals surface area contributed by atoms with Crippen molar-refractivity contribution in [1.82, 2.24) is 10.2 Å². The summed E-state index contributed by atoms with van der Waals surface area (Å²) in [5.74, 6) is -0.764. The van der Waals surface area contributed by atoms with Crippen molar-refractivity contribution in [3.63, 3.8) is 0 Å². The number of rotatable bonds is 14. The number of unbranched alkanes of at least 4 members (excludes halogenated alkanes) is 1. The van der Waals surface area contributed by atoms with Gasteiger partial charge in [-0.05, 0) is 60.9 Å². The minimum absolute atomic E-state index is 0.0750. The van der Waals surface area contributed by atoms with Gasteiger partial charge in [0.05, 0.1) is 10.6 Å². The Labute approximate surface area is 269 Å². The molecule has 7 nitrogen and oxygen atoms in total. The summed E-state index contributed by atoms with van der Waals surface area (Å²) >= 11 is 3.46. The molecule has 0 spiro atoms. The molecule has 0 saturated heterocycles. The van der Waals surface area contributed by atoms with Crippen LogP contribution in [-0.2, 0) is 32.6 Å². The number of nitrogens with one attached hydrogen (secondary N) is 1. The molecule has 0 radical (unpaired) electrons. The van der Waals surface area contributed by atoms with E-state index < -0.39 is 28.5 Å². The number of benzene rings is 4. The first-order chi connectivity index (χ1) is 21.2. The van der Waals surface area contributed by atoms with E-state index in [-0.39, 0.29) is 23.8 Å². The summed E-state index contributed by atoms with van der Waals surface area (Å²) in [5, 5.41) is 3.01. The molecule has 0 aromatic heterocycles. The summed E-state index contributed by atoms with van der Waals surface area (Å²) in [6.07, 6.45) is 1.99. The Morgan fingerprint density at radius 1 is 0.818 bits per heavy atom. The van der Waals surface area contributed by atoms with Crippen molar-refractivity contribution in [3.05, 3.63) is 130 Å². The molecular formula is C35H38BrN3O4S. The van der Waals surface area contributed by atoms with Gasteiger partial charge in [0.1, 0.15) is 12.6 Å². The van der Waals surface area contributed by atoms with E-state index in [4.69, 9.17) is 0 Å². The number of aryl methyl sites for hydroxylation is 1. The third kappa shape index (κ3) is 8.80. The number of hydrogen-bond donors (Lipinski definition) is 1. The monoisotopic (exact) mass is 675 g/mol. The van der Waals surface area contributed by atoms with Gasteiger partial charge in [0.15, 0.2) is 0 Å². The summed E-state index contributed by atoms with van der Waals surface area (Å²) in [4.78, 5) is 29.8. The topological polar surface area (TPSA) is 86.8 Å². The lowest BCUT2D eigenvalue weighted by Gasteiger charge is -2.34. The van der Waals surface area contributed by atoms with Gasteiger partial charge in [-0.25, -0.2) is 8.42 Å². The number of sulfonamides is 1. The number of carbonyl (C=O) groups excluding carboxylic acids is 2. The van der Waals surface area contributed by atoms with Gasteiger partial charge in [-0.1, -0.05) is 108 Å². The highest BCUT2D eigenvalue weighted by atomic mass is 79.9. The Hall–Kier alpha value is -3.95. The average Bonchev–Trinajstić information content (AvgIpc) is 3.03. The molecular weight excluding hydrogens is 638 g/mol. The second-order valence-corrected chi connectivity index (χ2v) is 13.4. The molecule has 0 aliphatic rings. The van der Waals surface area contributed by atoms with Crippen LogP contribution in [0.2, 0.25) is 0 Å². The summed E-state index contributed by atoms with van der Waals surface area (Å²) in [6, 6.07) is 31.3. The Kier molecular flexibility index (Phi) is 11.7. The third-order valence-electron chi connectivity index (χ3n) is 7.30. The lowest BCUT2D eigenvalue weighted by Crippen LogP contribution is -2.53. The number of carbonyl (C=O) groups is 2. The molecule has 1 N–H and O–H groups in total. The van der Waals surface area contributed by atoms with Crippen LogP contribution in [-0.4, -0.2) is 44.3 Å². The first kappa shape index (κ1) is 33.0. The maximum atomic E-state index is 14.4. The smallest absolute Gasteiger partial charge is 0.264 e. The molecule has 4 rings (SSSR count). The van der Waals surface area contributed by atoms with Crippen LogP contribution in [0.15, 0.2) is 119 Å². The largest absolute Gasteiger partial charge is 0.354 e. The fourth-order valence-corrected chi connectivity index (χ4v) is 6.51. The number of hydrogen-bond acceptors (Lipinski definition) is 4. The summed E-state index contributed by atoms with van der Waals surface area (Å²) in [6.45, 7) is 4.08. The standard InChI is InChI=1S/C35H38BrN3O4S/c1-3-4-23-37-35(41)33(24-28-11-7-5-8-12-28)38(25-29-17-19-30(36)20-18-29)34(40)26-39(31-21-15-27(2)16-22-31)44(42,43)32-13-9-6-10-14-32/h5-22,33H,3-4,23-26H2,1-2H3,(H,37,41)/t33-/m0/s1. The SMILES string of the molecule is CCCCNC(=O)[C@H](Cc1ccccc1)N(Cc1ccc(Br)cc1)C(=O)CN(c1ccc(C)cc1)S(=O)(=O)c1ccccc1. The lowest BCUT2D eigenvalue weighted by molar-refractivity contribution is -0.140. The van der Waals surface area contributed by atoms with E-state index >= 15 is 0 Å². The van der Waals surface area contributed by atoms with Gasteiger partial charge in [0.25, 0.3) is 10.0 Å². The predicted molar refractivity (Wildman–Crippen MR) is 179 cm³/mol. The van der Waals surface area contributed by atoms with Crippen molar-refractivity contribution in [2.24, 2.45) is 0 Å². The Bertz CT molecular complexity index is 1610. The molecule has 230 valence electrons. The number of amides is 2. The summed E-state index contributed by atoms with van der Waals surface area (Å²) in [7, 11) is -4.12. The molecule has 2 amide bonds. The van der Waals surface area contributed by atoms with Crippen LogP contribution in [0.25, 0.3) is 0 Å². The van der Waals surface area contributed by atoms with E-state index in [1.807, 2.05) is 80.6 Å². The Balaban J connectivity index is 1.77. The van der Waals surface area contributed by atoms with E-state index in [0.29, 0.717) is 12.2 Å². The van der Waals surface area contributed by atoms with Gasteiger partial charge in [-0.2, -0.15) is 0 Å². The molecule has 44 heavy (non-hydrogen) atoms. The predicted octanol–water partition coefficient (Wildman–Crippen LogP) is 6.51. The minimum atomic E-state index is -4.12. The molecule has 0 unspecified atom stereocenters. The third-order valence-corrected chi connectivity index (χ3v) is 9.62. The van der Waals surface area contributed by atoms with Gasteiger partial charge in [0.2, 0.25) is 11.8 Å². The van der Waals surface area contributed by atoms with Gasteiger partial charge in [0, 0.05) is 24.0 Å². The van der Waals surface area contributed by atoms with Crippen LogP contribution in [0.1, 0.15) is 36.5 Å². The molecule has 0 bridgehead atoms. The van der Waals surface area contributed by atoms with Gasteiger partial charge < -0.3 is 10.2 Å². The Morgan fingerprint density at radius 3 is 2.05 bits per heavy atom. The second-order valence-electron chi connectivity index (χ2n) is 10.7. The number of anilines is 1. The lowest BCUT2D eigenvalue weighted by atomic mass is 10.0. The first-order valence-corrected chi connectivity index (χ1v) is 16.9. The van der Waals surface area contributed by atoms with Crippen molar-refractivity contribution in [2.75, 3.05) is 17.4 Å². The molecule has 9 heteroatoms. The maximum absolute atomic E-state index is 14.4. The van der Waals surface area contributed by atoms with Crippen LogP contribution >= 0.6 is 15.9 Å². The highest BCUT2D eigenvalue weighted by molar-refractivity contribution is 9.10. The Morgan fingerprint density at radius 2 is 1.43 bits per heavy atom. The zero-order valence-corrected chi connectivity index (χ0v) is 27.4. The van der Waals surface area contributed by atoms with Gasteiger partial charge in [-0.15, -0.1) is 0 Å². The minimum Gasteiger partial charge on any atom is -0.354 e. The van der Waals surface area contributed by atoms with Crippen molar-refractivity contribution in [1.29, 1.82) is 0 Å². The molecule has 0 aliphatic carbocycles. The van der Waals surface area contributed by atoms with Crippen LogP contribution in [0.4, 0.5) is 5.69 Å². The van der Waals surface area contributed by atoms with E-state index in [0.717, 1.165) is 38.3 Å². The summed E-state index contributed by atoms with van der Waals surface area (Å²) in [5.41, 5.74) is 3.03. The fraction of sp³-hybridized carbons (Fsp3) is 0.257. The average molecular weight is 677 g/mol. The van der Waals surface area contributed by atoms with Crippen molar-refractivity contribution in [3.8, 4) is 0 Å². The first-order valence-electron chi connectivity index (χ1n) is 14.7. The van der Waals surface area contributed by atoms with Crippen LogP contribution in [0.3, 0.4) is 0 Å². The highest BCUT2D eigenvalue weighted by Gasteiger charge is 2.34. The zero-order valence-electron chi connectivity index (χ0n) is 25.0. The fourth-order valence-electron chi connectivity index (χ4n) is 4.81. The number of nitrogens with zero attached hydrogens (tertiary/aromatic N) is 2. The molecule has 0 heterocycles. The van der Waals surface area contributed by atoms with Crippen molar-refractivity contribution in [2.45, 2.75) is 50.6 Å². The quantitative estimate of drug-likeness (QED) is 0.154. The molecule has 0 fully saturated rings.